The van der Waals surface area contributed by atoms with E-state index < -0.39 is 8.60 Å². The SMILES string of the molecule is Nc1nc(Cl)c2ncn(COC3COP(O)OC3)c2n1. The molecule has 108 valence electrons. The summed E-state index contributed by atoms with van der Waals surface area (Å²) in [5.41, 5.74) is 6.50. The van der Waals surface area contributed by atoms with Gasteiger partial charge < -0.3 is 24.4 Å². The van der Waals surface area contributed by atoms with Crippen molar-refractivity contribution in [3.05, 3.63) is 11.5 Å². The van der Waals surface area contributed by atoms with Crippen molar-refractivity contribution in [2.75, 3.05) is 18.9 Å². The van der Waals surface area contributed by atoms with Crippen LogP contribution in [0.1, 0.15) is 0 Å². The average Bonchev–Trinajstić information content (AvgIpc) is 2.81. The standard InChI is InChI=1S/C9H11ClN5O4P/c10-7-6-8(14-9(11)13-7)15(3-12-6)4-17-5-1-18-20(16)19-2-5/h3,5,16H,1-2,4H2,(H2,11,13,14). The number of hydrogen-bond donors (Lipinski definition) is 2. The van der Waals surface area contributed by atoms with Gasteiger partial charge in [0.15, 0.2) is 10.8 Å². The van der Waals surface area contributed by atoms with Crippen LogP contribution in [0, 0.1) is 0 Å². The maximum atomic E-state index is 9.09. The summed E-state index contributed by atoms with van der Waals surface area (Å²) in [6.45, 7) is 0.726. The molecule has 3 heterocycles. The van der Waals surface area contributed by atoms with Crippen molar-refractivity contribution < 1.29 is 18.7 Å². The number of nitrogens with two attached hydrogens (primary N) is 1. The van der Waals surface area contributed by atoms with Crippen LogP contribution >= 0.6 is 20.2 Å². The van der Waals surface area contributed by atoms with Crippen molar-refractivity contribution in [1.29, 1.82) is 0 Å². The van der Waals surface area contributed by atoms with Crippen LogP contribution < -0.4 is 5.73 Å². The molecule has 3 rings (SSSR count). The first-order valence-electron chi connectivity index (χ1n) is 5.64. The molecule has 20 heavy (non-hydrogen) atoms. The van der Waals surface area contributed by atoms with E-state index in [4.69, 9.17) is 36.0 Å². The Kier molecular flexibility index (Phi) is 3.97. The topological polar surface area (TPSA) is 118 Å². The van der Waals surface area contributed by atoms with Crippen molar-refractivity contribution in [3.63, 3.8) is 0 Å². The van der Waals surface area contributed by atoms with Gasteiger partial charge in [0.2, 0.25) is 5.95 Å². The third-order valence-electron chi connectivity index (χ3n) is 2.63. The summed E-state index contributed by atoms with van der Waals surface area (Å²) >= 11 is 5.93. The van der Waals surface area contributed by atoms with Crippen LogP contribution in [0.2, 0.25) is 5.15 Å². The maximum Gasteiger partial charge on any atom is 0.330 e. The van der Waals surface area contributed by atoms with E-state index in [-0.39, 0.29) is 37.1 Å². The Labute approximate surface area is 119 Å². The van der Waals surface area contributed by atoms with E-state index >= 15 is 0 Å². The third-order valence-corrected chi connectivity index (χ3v) is 3.63. The van der Waals surface area contributed by atoms with E-state index in [1.54, 1.807) is 4.57 Å². The minimum atomic E-state index is -1.76. The molecule has 0 radical (unpaired) electrons. The highest BCUT2D eigenvalue weighted by Crippen LogP contribution is 2.36. The highest BCUT2D eigenvalue weighted by Gasteiger charge is 2.22. The summed E-state index contributed by atoms with van der Waals surface area (Å²) in [6.07, 6.45) is 1.27. The summed E-state index contributed by atoms with van der Waals surface area (Å²) < 4.78 is 17.2. The number of nitrogens with zero attached hydrogens (tertiary/aromatic N) is 4. The van der Waals surface area contributed by atoms with Crippen LogP contribution in [-0.4, -0.2) is 43.7 Å². The van der Waals surface area contributed by atoms with Crippen LogP contribution in [0.3, 0.4) is 0 Å². The van der Waals surface area contributed by atoms with Crippen molar-refractivity contribution >= 4 is 37.3 Å². The number of fused-ring (bicyclic) bond motifs is 1. The second-order valence-corrected chi connectivity index (χ2v) is 5.36. The average molecular weight is 320 g/mol. The molecule has 2 aromatic rings. The van der Waals surface area contributed by atoms with Crippen LogP contribution in [0.15, 0.2) is 6.33 Å². The van der Waals surface area contributed by atoms with Crippen LogP contribution in [0.4, 0.5) is 5.95 Å². The van der Waals surface area contributed by atoms with Gasteiger partial charge in [-0.05, 0) is 0 Å². The van der Waals surface area contributed by atoms with E-state index in [1.807, 2.05) is 0 Å². The number of imidazole rings is 1. The lowest BCUT2D eigenvalue weighted by Gasteiger charge is -2.24. The summed E-state index contributed by atoms with van der Waals surface area (Å²) in [5, 5.41) is 0.196. The van der Waals surface area contributed by atoms with Gasteiger partial charge in [0.25, 0.3) is 0 Å². The molecular formula is C9H11ClN5O4P. The van der Waals surface area contributed by atoms with Crippen molar-refractivity contribution in [2.24, 2.45) is 0 Å². The molecule has 11 heteroatoms. The maximum absolute atomic E-state index is 9.09. The second kappa shape index (κ2) is 5.72. The second-order valence-electron chi connectivity index (χ2n) is 4.01. The molecule has 0 aliphatic carbocycles. The Bertz CT molecular complexity index is 618. The van der Waals surface area contributed by atoms with Gasteiger partial charge in [-0.1, -0.05) is 11.6 Å². The number of nitrogen functional groups attached to an aromatic ring is 1. The van der Waals surface area contributed by atoms with Gasteiger partial charge in [-0.15, -0.1) is 0 Å². The Morgan fingerprint density at radius 2 is 2.25 bits per heavy atom. The monoisotopic (exact) mass is 319 g/mol. The van der Waals surface area contributed by atoms with Gasteiger partial charge in [0, 0.05) is 0 Å². The molecule has 1 aliphatic heterocycles. The minimum Gasteiger partial charge on any atom is -0.368 e. The van der Waals surface area contributed by atoms with Gasteiger partial charge >= 0.3 is 8.60 Å². The summed E-state index contributed by atoms with van der Waals surface area (Å²) in [4.78, 5) is 21.1. The number of hydrogen-bond acceptors (Lipinski definition) is 8. The fourth-order valence-corrected chi connectivity index (χ4v) is 2.56. The van der Waals surface area contributed by atoms with Gasteiger partial charge in [0.1, 0.15) is 18.4 Å². The van der Waals surface area contributed by atoms with Gasteiger partial charge in [-0.2, -0.15) is 9.97 Å². The molecular weight excluding hydrogens is 309 g/mol. The van der Waals surface area contributed by atoms with Crippen molar-refractivity contribution in [1.82, 2.24) is 19.5 Å². The zero-order chi connectivity index (χ0) is 14.1. The number of anilines is 1. The predicted molar refractivity (Wildman–Crippen MR) is 70.7 cm³/mol. The molecule has 0 saturated carbocycles. The molecule has 0 bridgehead atoms. The van der Waals surface area contributed by atoms with Gasteiger partial charge in [-0.3, -0.25) is 4.57 Å². The Morgan fingerprint density at radius 3 is 3.00 bits per heavy atom. The van der Waals surface area contributed by atoms with Gasteiger partial charge in [0.05, 0.1) is 19.5 Å². The molecule has 1 saturated heterocycles. The molecule has 1 aliphatic rings. The van der Waals surface area contributed by atoms with Crippen LogP contribution in [0.5, 0.6) is 0 Å². The first-order valence-corrected chi connectivity index (χ1v) is 7.14. The third kappa shape index (κ3) is 2.83. The lowest BCUT2D eigenvalue weighted by Crippen LogP contribution is -2.28. The van der Waals surface area contributed by atoms with Crippen LogP contribution in [-0.2, 0) is 20.5 Å². The quantitative estimate of drug-likeness (QED) is 0.626. The normalized spacial score (nSPS) is 23.3. The Hall–Kier alpha value is -1.09. The van der Waals surface area contributed by atoms with Crippen LogP contribution in [0.25, 0.3) is 11.2 Å². The summed E-state index contributed by atoms with van der Waals surface area (Å²) in [7, 11) is -1.76. The molecule has 0 amide bonds. The molecule has 3 N–H and O–H groups in total. The summed E-state index contributed by atoms with van der Waals surface area (Å²) in [5.74, 6) is 0.0690. The lowest BCUT2D eigenvalue weighted by molar-refractivity contribution is -0.0631. The molecule has 0 aromatic carbocycles. The van der Waals surface area contributed by atoms with E-state index in [1.165, 1.54) is 6.33 Å². The van der Waals surface area contributed by atoms with E-state index in [0.717, 1.165) is 0 Å². The minimum absolute atomic E-state index is 0.0690. The highest BCUT2D eigenvalue weighted by molar-refractivity contribution is 7.40. The first-order chi connectivity index (χ1) is 9.63. The highest BCUT2D eigenvalue weighted by atomic mass is 35.5. The number of halogens is 1. The predicted octanol–water partition coefficient (Wildman–Crippen LogP) is 0.671. The zero-order valence-corrected chi connectivity index (χ0v) is 11.8. The van der Waals surface area contributed by atoms with E-state index in [9.17, 15) is 0 Å². The largest absolute Gasteiger partial charge is 0.368 e. The smallest absolute Gasteiger partial charge is 0.330 e. The van der Waals surface area contributed by atoms with Crippen molar-refractivity contribution in [3.8, 4) is 0 Å². The Balaban J connectivity index is 1.72. The van der Waals surface area contributed by atoms with Crippen molar-refractivity contribution in [2.45, 2.75) is 12.8 Å². The molecule has 0 spiro atoms. The van der Waals surface area contributed by atoms with E-state index in [2.05, 4.69) is 15.0 Å². The number of ether oxygens (including phenoxy) is 1. The van der Waals surface area contributed by atoms with Gasteiger partial charge in [-0.25, -0.2) is 4.98 Å². The Morgan fingerprint density at radius 1 is 1.50 bits per heavy atom. The molecule has 0 unspecified atom stereocenters. The molecule has 1 fully saturated rings. The fourth-order valence-electron chi connectivity index (χ4n) is 1.68. The fraction of sp³-hybridized carbons (Fsp3) is 0.444. The summed E-state index contributed by atoms with van der Waals surface area (Å²) in [6, 6.07) is 0. The zero-order valence-electron chi connectivity index (χ0n) is 10.1. The number of aromatic nitrogens is 4. The first kappa shape index (κ1) is 13.9. The molecule has 0 atom stereocenters. The molecule has 2 aromatic heterocycles. The molecule has 9 nitrogen and oxygen atoms in total. The lowest BCUT2D eigenvalue weighted by atomic mass is 10.4. The van der Waals surface area contributed by atoms with E-state index in [0.29, 0.717) is 11.2 Å². The number of rotatable bonds is 3.